The van der Waals surface area contributed by atoms with Crippen LogP contribution in [-0.2, 0) is 6.42 Å². The Morgan fingerprint density at radius 3 is 2.80 bits per heavy atom. The van der Waals surface area contributed by atoms with E-state index in [9.17, 15) is 0 Å². The fourth-order valence-electron chi connectivity index (χ4n) is 1.50. The number of aryl methyl sites for hydroxylation is 1. The molecule has 1 rings (SSSR count). The van der Waals surface area contributed by atoms with E-state index in [1.54, 1.807) is 0 Å². The summed E-state index contributed by atoms with van der Waals surface area (Å²) in [6.07, 6.45) is 0.924. The van der Waals surface area contributed by atoms with Gasteiger partial charge < -0.3 is 9.84 Å². The Morgan fingerprint density at radius 1 is 1.40 bits per heavy atom. The van der Waals surface area contributed by atoms with Gasteiger partial charge in [0.05, 0.1) is 13.3 Å². The van der Waals surface area contributed by atoms with Crippen LogP contribution in [0, 0.1) is 6.92 Å². The van der Waals surface area contributed by atoms with Crippen LogP contribution in [0.5, 0.6) is 5.75 Å². The van der Waals surface area contributed by atoms with Crippen LogP contribution >= 0.6 is 0 Å². The second-order valence-electron chi connectivity index (χ2n) is 3.44. The lowest BCUT2D eigenvalue weighted by atomic mass is 10.1. The molecule has 0 unspecified atom stereocenters. The summed E-state index contributed by atoms with van der Waals surface area (Å²) in [5.74, 6) is 0.955. The Morgan fingerprint density at radius 2 is 2.20 bits per heavy atom. The molecule has 15 heavy (non-hydrogen) atoms. The predicted molar refractivity (Wildman–Crippen MR) is 61.1 cm³/mol. The molecule has 0 amide bonds. The fraction of sp³-hybridized carbons (Fsp3) is 0.500. The van der Waals surface area contributed by atoms with Gasteiger partial charge in [-0.3, -0.25) is 5.32 Å². The third-order valence-corrected chi connectivity index (χ3v) is 2.24. The van der Waals surface area contributed by atoms with Gasteiger partial charge in [0.15, 0.2) is 0 Å². The van der Waals surface area contributed by atoms with E-state index >= 15 is 0 Å². The molecule has 0 saturated heterocycles. The van der Waals surface area contributed by atoms with Crippen LogP contribution < -0.4 is 10.1 Å². The highest BCUT2D eigenvalue weighted by molar-refractivity contribution is 5.36. The molecule has 0 fully saturated rings. The van der Waals surface area contributed by atoms with Gasteiger partial charge in [-0.2, -0.15) is 0 Å². The first-order valence-corrected chi connectivity index (χ1v) is 5.31. The molecule has 0 heterocycles. The molecule has 0 spiro atoms. The van der Waals surface area contributed by atoms with Crippen molar-refractivity contribution in [2.24, 2.45) is 0 Å². The van der Waals surface area contributed by atoms with Gasteiger partial charge in [-0.15, -0.1) is 0 Å². The molecule has 0 radical (unpaired) electrons. The van der Waals surface area contributed by atoms with E-state index in [1.165, 1.54) is 11.1 Å². The van der Waals surface area contributed by atoms with Gasteiger partial charge in [-0.1, -0.05) is 12.1 Å². The summed E-state index contributed by atoms with van der Waals surface area (Å²) in [5, 5.41) is 11.5. The van der Waals surface area contributed by atoms with Crippen LogP contribution in [0.15, 0.2) is 18.2 Å². The maximum atomic E-state index is 8.58. The summed E-state index contributed by atoms with van der Waals surface area (Å²) in [4.78, 5) is 0. The highest BCUT2D eigenvalue weighted by Gasteiger charge is 2.00. The number of nitrogens with one attached hydrogen (secondary N) is 1. The van der Waals surface area contributed by atoms with Crippen molar-refractivity contribution in [2.75, 3.05) is 19.9 Å². The molecule has 0 saturated carbocycles. The minimum atomic E-state index is 0.0377. The molecular formula is C12H19NO2. The third-order valence-electron chi connectivity index (χ3n) is 2.24. The zero-order chi connectivity index (χ0) is 11.1. The molecule has 0 aromatic heterocycles. The first kappa shape index (κ1) is 12.0. The Bertz CT molecular complexity index is 300. The van der Waals surface area contributed by atoms with Crippen LogP contribution in [0.25, 0.3) is 0 Å². The minimum Gasteiger partial charge on any atom is -0.494 e. The molecule has 0 bridgehead atoms. The average Bonchev–Trinajstić information content (AvgIpc) is 2.23. The number of rotatable bonds is 6. The van der Waals surface area contributed by atoms with Crippen LogP contribution in [0.1, 0.15) is 18.1 Å². The van der Waals surface area contributed by atoms with E-state index in [-0.39, 0.29) is 6.73 Å². The molecule has 0 atom stereocenters. The molecule has 3 nitrogen and oxygen atoms in total. The van der Waals surface area contributed by atoms with Crippen molar-refractivity contribution in [1.29, 1.82) is 0 Å². The number of benzene rings is 1. The summed E-state index contributed by atoms with van der Waals surface area (Å²) >= 11 is 0. The van der Waals surface area contributed by atoms with E-state index in [2.05, 4.69) is 17.4 Å². The van der Waals surface area contributed by atoms with E-state index in [4.69, 9.17) is 9.84 Å². The first-order valence-electron chi connectivity index (χ1n) is 5.31. The van der Waals surface area contributed by atoms with Crippen molar-refractivity contribution in [2.45, 2.75) is 20.3 Å². The SMILES string of the molecule is CCOc1ccc(CCNCO)cc1C. The summed E-state index contributed by atoms with van der Waals surface area (Å²) in [6, 6.07) is 6.20. The Balaban J connectivity index is 2.56. The predicted octanol–water partition coefficient (Wildman–Crippen LogP) is 1.48. The zero-order valence-corrected chi connectivity index (χ0v) is 9.42. The molecule has 0 aliphatic carbocycles. The lowest BCUT2D eigenvalue weighted by Crippen LogP contribution is -2.17. The maximum Gasteiger partial charge on any atom is 0.122 e. The van der Waals surface area contributed by atoms with Gasteiger partial charge in [-0.25, -0.2) is 0 Å². The number of hydrogen-bond acceptors (Lipinski definition) is 3. The van der Waals surface area contributed by atoms with Crippen molar-refractivity contribution >= 4 is 0 Å². The van der Waals surface area contributed by atoms with E-state index in [1.807, 2.05) is 19.9 Å². The van der Waals surface area contributed by atoms with Gasteiger partial charge in [0.1, 0.15) is 5.75 Å². The second-order valence-corrected chi connectivity index (χ2v) is 3.44. The highest BCUT2D eigenvalue weighted by atomic mass is 16.5. The van der Waals surface area contributed by atoms with Crippen molar-refractivity contribution in [1.82, 2.24) is 5.32 Å². The van der Waals surface area contributed by atoms with E-state index < -0.39 is 0 Å². The molecule has 3 heteroatoms. The smallest absolute Gasteiger partial charge is 0.122 e. The maximum absolute atomic E-state index is 8.58. The Hall–Kier alpha value is -1.06. The van der Waals surface area contributed by atoms with Gasteiger partial charge in [0, 0.05) is 6.54 Å². The summed E-state index contributed by atoms with van der Waals surface area (Å²) in [7, 11) is 0. The fourth-order valence-corrected chi connectivity index (χ4v) is 1.50. The molecule has 1 aromatic rings. The van der Waals surface area contributed by atoms with Crippen molar-refractivity contribution in [3.8, 4) is 5.75 Å². The minimum absolute atomic E-state index is 0.0377. The van der Waals surface area contributed by atoms with Gasteiger partial charge in [-0.05, 0) is 37.5 Å². The van der Waals surface area contributed by atoms with E-state index in [0.717, 1.165) is 18.7 Å². The normalized spacial score (nSPS) is 10.3. The topological polar surface area (TPSA) is 41.5 Å². The molecule has 0 aliphatic rings. The zero-order valence-electron chi connectivity index (χ0n) is 9.42. The first-order chi connectivity index (χ1) is 7.27. The summed E-state index contributed by atoms with van der Waals surface area (Å²) in [5.41, 5.74) is 2.43. The van der Waals surface area contributed by atoms with Gasteiger partial charge >= 0.3 is 0 Å². The largest absolute Gasteiger partial charge is 0.494 e. The number of ether oxygens (including phenoxy) is 1. The molecule has 2 N–H and O–H groups in total. The lowest BCUT2D eigenvalue weighted by molar-refractivity contribution is 0.262. The Kier molecular flexibility index (Phi) is 5.15. The van der Waals surface area contributed by atoms with Crippen LogP contribution in [0.4, 0.5) is 0 Å². The number of aliphatic hydroxyl groups excluding tert-OH is 1. The Labute approximate surface area is 91.1 Å². The quantitative estimate of drug-likeness (QED) is 0.551. The van der Waals surface area contributed by atoms with Crippen LogP contribution in [-0.4, -0.2) is 25.0 Å². The van der Waals surface area contributed by atoms with Crippen LogP contribution in [0.2, 0.25) is 0 Å². The van der Waals surface area contributed by atoms with Crippen molar-refractivity contribution < 1.29 is 9.84 Å². The number of hydrogen-bond donors (Lipinski definition) is 2. The van der Waals surface area contributed by atoms with Crippen LogP contribution in [0.3, 0.4) is 0 Å². The van der Waals surface area contributed by atoms with Crippen molar-refractivity contribution in [3.63, 3.8) is 0 Å². The molecular weight excluding hydrogens is 190 g/mol. The van der Waals surface area contributed by atoms with Gasteiger partial charge in [0.25, 0.3) is 0 Å². The van der Waals surface area contributed by atoms with Crippen molar-refractivity contribution in [3.05, 3.63) is 29.3 Å². The second kappa shape index (κ2) is 6.43. The number of aliphatic hydroxyl groups is 1. The molecule has 1 aromatic carbocycles. The highest BCUT2D eigenvalue weighted by Crippen LogP contribution is 2.19. The molecule has 0 aliphatic heterocycles. The van der Waals surface area contributed by atoms with E-state index in [0.29, 0.717) is 6.61 Å². The standard InChI is InChI=1S/C12H19NO2/c1-3-15-12-5-4-11(8-10(12)2)6-7-13-9-14/h4-5,8,13-14H,3,6-7,9H2,1-2H3. The summed E-state index contributed by atoms with van der Waals surface area (Å²) < 4.78 is 5.46. The lowest BCUT2D eigenvalue weighted by Gasteiger charge is -2.09. The molecule has 84 valence electrons. The third kappa shape index (κ3) is 3.90. The average molecular weight is 209 g/mol. The summed E-state index contributed by atoms with van der Waals surface area (Å²) in [6.45, 7) is 5.57. The monoisotopic (exact) mass is 209 g/mol. The van der Waals surface area contributed by atoms with Gasteiger partial charge in [0.2, 0.25) is 0 Å².